The highest BCUT2D eigenvalue weighted by atomic mass is 16.5. The lowest BCUT2D eigenvalue weighted by Crippen LogP contribution is -2.05. The molecule has 0 aliphatic heterocycles. The van der Waals surface area contributed by atoms with Crippen LogP contribution in [0.25, 0.3) is 0 Å². The summed E-state index contributed by atoms with van der Waals surface area (Å²) in [5, 5.41) is 22.7. The lowest BCUT2D eigenvalue weighted by molar-refractivity contribution is 0.333. The summed E-state index contributed by atoms with van der Waals surface area (Å²) in [5.41, 5.74) is 6.19. The number of phenols is 2. The third kappa shape index (κ3) is 4.64. The van der Waals surface area contributed by atoms with Crippen molar-refractivity contribution >= 4 is 0 Å². The number of fused-ring (bicyclic) bond motifs is 8. The summed E-state index contributed by atoms with van der Waals surface area (Å²) in [5.74, 6) is 1.77. The van der Waals surface area contributed by atoms with Gasteiger partial charge in [-0.3, -0.25) is 0 Å². The molecule has 0 unspecified atom stereocenters. The van der Waals surface area contributed by atoms with E-state index in [0.29, 0.717) is 84.7 Å². The number of para-hydroxylation sites is 4. The normalized spacial score (nSPS) is 13.5. The topological polar surface area (TPSA) is 58.9 Å². The SMILES string of the molecule is [2H]c1cc2c(O)c(c1)Cc1cccc(c1OCC)Cc1cc([2H])cc(c1O)Cc1cccc(c1OCC)C2. The van der Waals surface area contributed by atoms with Crippen molar-refractivity contribution in [2.75, 3.05) is 13.2 Å². The fraction of sp³-hybridized carbons (Fsp3) is 0.250. The number of phenolic OH excluding ortho intramolecular Hbond substituents is 2. The quantitative estimate of drug-likeness (QED) is 0.304. The van der Waals surface area contributed by atoms with Gasteiger partial charge < -0.3 is 19.7 Å². The standard InChI is InChI=1S/C32H32O4/c1-3-35-31-25-13-7-14-26(31)18-22-10-6-12-24(30(22)34)20-28-16-8-15-27(32(28)36-4-2)19-23-11-5-9-21(17-25)29(23)33/h5-16,33-34H,3-4,17-20H2,1-2H3/i5D,6D. The van der Waals surface area contributed by atoms with Gasteiger partial charge in [0.2, 0.25) is 0 Å². The Morgan fingerprint density at radius 3 is 1.14 bits per heavy atom. The molecule has 0 spiro atoms. The highest BCUT2D eigenvalue weighted by molar-refractivity contribution is 5.55. The van der Waals surface area contributed by atoms with E-state index < -0.39 is 0 Å². The summed E-state index contributed by atoms with van der Waals surface area (Å²) >= 11 is 0. The van der Waals surface area contributed by atoms with Gasteiger partial charge >= 0.3 is 0 Å². The second-order valence-electron chi connectivity index (χ2n) is 9.09. The monoisotopic (exact) mass is 482 g/mol. The first-order chi connectivity index (χ1) is 18.4. The van der Waals surface area contributed by atoms with Crippen LogP contribution in [0.5, 0.6) is 23.0 Å². The van der Waals surface area contributed by atoms with Crippen LogP contribution in [0.3, 0.4) is 0 Å². The van der Waals surface area contributed by atoms with Crippen LogP contribution < -0.4 is 9.47 Å². The largest absolute Gasteiger partial charge is 0.507 e. The number of rotatable bonds is 4. The zero-order valence-corrected chi connectivity index (χ0v) is 20.7. The van der Waals surface area contributed by atoms with E-state index in [1.807, 2.05) is 50.2 Å². The Hall–Kier alpha value is -3.92. The average Bonchev–Trinajstić information content (AvgIpc) is 2.88. The fourth-order valence-corrected chi connectivity index (χ4v) is 5.02. The molecule has 0 saturated carbocycles. The van der Waals surface area contributed by atoms with Gasteiger partial charge in [0.25, 0.3) is 0 Å². The highest BCUT2D eigenvalue weighted by Crippen LogP contribution is 2.37. The summed E-state index contributed by atoms with van der Waals surface area (Å²) in [4.78, 5) is 0. The Balaban J connectivity index is 1.77. The Bertz CT molecular complexity index is 1290. The first-order valence-corrected chi connectivity index (χ1v) is 12.5. The van der Waals surface area contributed by atoms with E-state index in [4.69, 9.17) is 12.2 Å². The van der Waals surface area contributed by atoms with Gasteiger partial charge in [-0.25, -0.2) is 0 Å². The minimum Gasteiger partial charge on any atom is -0.507 e. The molecule has 4 aromatic rings. The smallest absolute Gasteiger partial charge is 0.126 e. The van der Waals surface area contributed by atoms with Crippen molar-refractivity contribution in [1.82, 2.24) is 0 Å². The molecule has 0 amide bonds. The zero-order valence-electron chi connectivity index (χ0n) is 22.7. The molecule has 1 aliphatic carbocycles. The minimum absolute atomic E-state index is 0.176. The third-order valence-corrected chi connectivity index (χ3v) is 6.70. The minimum atomic E-state index is 0.176. The van der Waals surface area contributed by atoms with E-state index in [1.165, 1.54) is 0 Å². The second-order valence-corrected chi connectivity index (χ2v) is 9.09. The van der Waals surface area contributed by atoms with Gasteiger partial charge in [0, 0.05) is 25.7 Å². The van der Waals surface area contributed by atoms with Crippen LogP contribution in [0.4, 0.5) is 0 Å². The van der Waals surface area contributed by atoms with Crippen molar-refractivity contribution in [2.45, 2.75) is 39.5 Å². The molecule has 4 aromatic carbocycles. The van der Waals surface area contributed by atoms with Crippen molar-refractivity contribution < 1.29 is 22.4 Å². The molecule has 4 nitrogen and oxygen atoms in total. The number of aromatic hydroxyl groups is 2. The van der Waals surface area contributed by atoms with Crippen LogP contribution in [0, 0.1) is 0 Å². The van der Waals surface area contributed by atoms with Crippen LogP contribution in [0.2, 0.25) is 0 Å². The van der Waals surface area contributed by atoms with Gasteiger partial charge in [-0.2, -0.15) is 0 Å². The molecule has 0 fully saturated rings. The second kappa shape index (κ2) is 10.4. The van der Waals surface area contributed by atoms with Crippen molar-refractivity contribution in [3.63, 3.8) is 0 Å². The Labute approximate surface area is 215 Å². The predicted molar refractivity (Wildman–Crippen MR) is 143 cm³/mol. The van der Waals surface area contributed by atoms with Gasteiger partial charge in [-0.05, 0) is 58.4 Å². The lowest BCUT2D eigenvalue weighted by atomic mass is 9.91. The molecular formula is C32H32O4. The zero-order chi connectivity index (χ0) is 26.8. The maximum Gasteiger partial charge on any atom is 0.126 e. The molecule has 0 heterocycles. The first kappa shape index (κ1) is 21.4. The summed E-state index contributed by atoms with van der Waals surface area (Å²) in [6.07, 6.45) is 1.57. The van der Waals surface area contributed by atoms with Crippen LogP contribution in [0.1, 0.15) is 61.1 Å². The Morgan fingerprint density at radius 1 is 0.556 bits per heavy atom. The fourth-order valence-electron chi connectivity index (χ4n) is 5.02. The summed E-state index contributed by atoms with van der Waals surface area (Å²) in [6, 6.07) is 19.2. The third-order valence-electron chi connectivity index (χ3n) is 6.70. The average molecular weight is 483 g/mol. The van der Waals surface area contributed by atoms with E-state index in [-0.39, 0.29) is 11.5 Å². The maximum atomic E-state index is 11.3. The molecule has 0 aromatic heterocycles. The van der Waals surface area contributed by atoms with Crippen LogP contribution in [-0.2, 0) is 25.7 Å². The molecule has 1 aliphatic rings. The molecule has 0 saturated heterocycles. The number of hydrogen-bond donors (Lipinski definition) is 2. The molecule has 184 valence electrons. The molecular weight excluding hydrogens is 448 g/mol. The van der Waals surface area contributed by atoms with Crippen LogP contribution in [0.15, 0.2) is 72.7 Å². The first-order valence-electron chi connectivity index (χ1n) is 13.5. The summed E-state index contributed by atoms with van der Waals surface area (Å²) in [7, 11) is 0. The van der Waals surface area contributed by atoms with Gasteiger partial charge in [-0.15, -0.1) is 0 Å². The van der Waals surface area contributed by atoms with Gasteiger partial charge in [-0.1, -0.05) is 72.7 Å². The van der Waals surface area contributed by atoms with E-state index in [9.17, 15) is 10.2 Å². The summed E-state index contributed by atoms with van der Waals surface area (Å²) < 4.78 is 29.1. The van der Waals surface area contributed by atoms with Crippen molar-refractivity contribution in [1.29, 1.82) is 0 Å². The van der Waals surface area contributed by atoms with Crippen LogP contribution >= 0.6 is 0 Å². The number of hydrogen-bond acceptors (Lipinski definition) is 4. The highest BCUT2D eigenvalue weighted by Gasteiger charge is 2.19. The molecule has 0 radical (unpaired) electrons. The van der Waals surface area contributed by atoms with Crippen LogP contribution in [-0.4, -0.2) is 23.4 Å². The van der Waals surface area contributed by atoms with Crippen molar-refractivity contribution in [3.05, 3.63) is 117 Å². The van der Waals surface area contributed by atoms with E-state index in [0.717, 1.165) is 22.3 Å². The van der Waals surface area contributed by atoms with Gasteiger partial charge in [0.15, 0.2) is 0 Å². The molecule has 4 heteroatoms. The molecule has 0 atom stereocenters. The summed E-state index contributed by atoms with van der Waals surface area (Å²) in [6.45, 7) is 4.78. The maximum absolute atomic E-state index is 11.3. The van der Waals surface area contributed by atoms with E-state index in [2.05, 4.69) is 0 Å². The van der Waals surface area contributed by atoms with Crippen molar-refractivity contribution in [2.24, 2.45) is 0 Å². The van der Waals surface area contributed by atoms with E-state index >= 15 is 0 Å². The van der Waals surface area contributed by atoms with Gasteiger partial charge in [0.1, 0.15) is 23.0 Å². The Morgan fingerprint density at radius 2 is 0.861 bits per heavy atom. The number of ether oxygens (including phenoxy) is 2. The molecule has 5 rings (SSSR count). The number of benzene rings is 4. The molecule has 36 heavy (non-hydrogen) atoms. The van der Waals surface area contributed by atoms with E-state index in [1.54, 1.807) is 24.3 Å². The molecule has 2 N–H and O–H groups in total. The Kier molecular flexibility index (Phi) is 6.15. The lowest BCUT2D eigenvalue weighted by Gasteiger charge is -2.20. The molecule has 8 bridgehead atoms. The van der Waals surface area contributed by atoms with Crippen molar-refractivity contribution in [3.8, 4) is 23.0 Å². The van der Waals surface area contributed by atoms with Gasteiger partial charge in [0.05, 0.1) is 16.0 Å². The predicted octanol–water partition coefficient (Wildman–Crippen LogP) is 6.57.